The van der Waals surface area contributed by atoms with Gasteiger partial charge in [-0.25, -0.2) is 4.79 Å². The Balaban J connectivity index is 3.98. The minimum Gasteiger partial charge on any atom is -0.468 e. The molecule has 0 aromatic carbocycles. The van der Waals surface area contributed by atoms with Gasteiger partial charge in [-0.3, -0.25) is 4.79 Å². The van der Waals surface area contributed by atoms with Gasteiger partial charge in [-0.2, -0.15) is 0 Å². The van der Waals surface area contributed by atoms with E-state index in [2.05, 4.69) is 10.1 Å². The van der Waals surface area contributed by atoms with Crippen LogP contribution in [0.4, 0.5) is 4.79 Å². The lowest BCUT2D eigenvalue weighted by atomic mass is 10.4. The molecule has 0 unspecified atom stereocenters. The Morgan fingerprint density at radius 3 is 2.43 bits per heavy atom. The van der Waals surface area contributed by atoms with Crippen LogP contribution in [-0.4, -0.2) is 43.6 Å². The first-order valence-corrected chi connectivity index (χ1v) is 4.75. The largest absolute Gasteiger partial charge is 0.468 e. The van der Waals surface area contributed by atoms with Gasteiger partial charge in [0.15, 0.2) is 0 Å². The smallest absolute Gasteiger partial charge is 0.325 e. The molecular formula is C9H18N2O3. The summed E-state index contributed by atoms with van der Waals surface area (Å²) in [5.74, 6) is -0.404. The van der Waals surface area contributed by atoms with Crippen LogP contribution in [0, 0.1) is 0 Å². The molecule has 0 atom stereocenters. The number of hydrogen-bond donors (Lipinski definition) is 1. The van der Waals surface area contributed by atoms with E-state index in [1.807, 2.05) is 13.8 Å². The fourth-order valence-corrected chi connectivity index (χ4v) is 0.891. The summed E-state index contributed by atoms with van der Waals surface area (Å²) < 4.78 is 4.48. The second-order valence-corrected chi connectivity index (χ2v) is 2.82. The van der Waals surface area contributed by atoms with Crippen molar-refractivity contribution in [1.29, 1.82) is 0 Å². The zero-order chi connectivity index (χ0) is 11.0. The van der Waals surface area contributed by atoms with Crippen molar-refractivity contribution in [2.24, 2.45) is 0 Å². The van der Waals surface area contributed by atoms with Crippen LogP contribution in [0.2, 0.25) is 0 Å². The molecule has 0 saturated heterocycles. The number of methoxy groups -OCH3 is 1. The first-order valence-electron chi connectivity index (χ1n) is 4.75. The van der Waals surface area contributed by atoms with Crippen LogP contribution in [0.25, 0.3) is 0 Å². The van der Waals surface area contributed by atoms with Crippen LogP contribution < -0.4 is 5.32 Å². The molecule has 0 aliphatic rings. The van der Waals surface area contributed by atoms with Gasteiger partial charge < -0.3 is 15.0 Å². The maximum Gasteiger partial charge on any atom is 0.325 e. The summed E-state index contributed by atoms with van der Waals surface area (Å²) in [5, 5.41) is 2.69. The van der Waals surface area contributed by atoms with Crippen LogP contribution in [-0.2, 0) is 9.53 Å². The summed E-state index contributed by atoms with van der Waals surface area (Å²) in [5.41, 5.74) is 0. The van der Waals surface area contributed by atoms with Crippen molar-refractivity contribution in [3.8, 4) is 0 Å². The summed E-state index contributed by atoms with van der Waals surface area (Å²) in [7, 11) is 1.31. The fourth-order valence-electron chi connectivity index (χ4n) is 0.891. The average molecular weight is 202 g/mol. The Labute approximate surface area is 84.4 Å². The summed E-state index contributed by atoms with van der Waals surface area (Å²) in [6.07, 6.45) is 0.877. The number of amides is 2. The molecule has 2 amide bonds. The Morgan fingerprint density at radius 1 is 1.36 bits per heavy atom. The van der Waals surface area contributed by atoms with Gasteiger partial charge >= 0.3 is 12.0 Å². The van der Waals surface area contributed by atoms with Crippen molar-refractivity contribution in [3.63, 3.8) is 0 Å². The molecule has 0 saturated carbocycles. The first kappa shape index (κ1) is 12.7. The van der Waals surface area contributed by atoms with Crippen molar-refractivity contribution in [2.45, 2.75) is 20.3 Å². The van der Waals surface area contributed by atoms with Crippen molar-refractivity contribution in [3.05, 3.63) is 0 Å². The highest BCUT2D eigenvalue weighted by atomic mass is 16.5. The molecule has 0 aromatic heterocycles. The number of carbonyl (C=O) groups is 2. The van der Waals surface area contributed by atoms with E-state index in [0.717, 1.165) is 6.42 Å². The third kappa shape index (κ3) is 4.69. The van der Waals surface area contributed by atoms with Gasteiger partial charge in [0.1, 0.15) is 6.54 Å². The fraction of sp³-hybridized carbons (Fsp3) is 0.778. The van der Waals surface area contributed by atoms with Gasteiger partial charge in [0, 0.05) is 13.1 Å². The summed E-state index contributed by atoms with van der Waals surface area (Å²) in [6, 6.07) is -0.222. The Kier molecular flexibility index (Phi) is 6.53. The van der Waals surface area contributed by atoms with Crippen molar-refractivity contribution < 1.29 is 14.3 Å². The van der Waals surface area contributed by atoms with Crippen LogP contribution in [0.15, 0.2) is 0 Å². The van der Waals surface area contributed by atoms with Crippen molar-refractivity contribution in [2.75, 3.05) is 26.7 Å². The standard InChI is InChI=1S/C9H18N2O3/c1-4-6-10-9(13)11(5-2)7-8(12)14-3/h4-7H2,1-3H3,(H,10,13). The lowest BCUT2D eigenvalue weighted by Crippen LogP contribution is -2.43. The number of ether oxygens (including phenoxy) is 1. The molecule has 5 heteroatoms. The molecule has 0 radical (unpaired) electrons. The number of urea groups is 1. The normalized spacial score (nSPS) is 9.36. The van der Waals surface area contributed by atoms with E-state index in [1.165, 1.54) is 12.0 Å². The molecule has 0 fully saturated rings. The van der Waals surface area contributed by atoms with Crippen molar-refractivity contribution in [1.82, 2.24) is 10.2 Å². The van der Waals surface area contributed by atoms with E-state index in [9.17, 15) is 9.59 Å². The Morgan fingerprint density at radius 2 is 2.00 bits per heavy atom. The Hall–Kier alpha value is -1.26. The number of rotatable bonds is 5. The molecule has 82 valence electrons. The van der Waals surface area contributed by atoms with Crippen LogP contribution in [0.1, 0.15) is 20.3 Å². The molecule has 0 aliphatic carbocycles. The second-order valence-electron chi connectivity index (χ2n) is 2.82. The van der Waals surface area contributed by atoms with E-state index < -0.39 is 5.97 Å². The molecular weight excluding hydrogens is 184 g/mol. The second kappa shape index (κ2) is 7.17. The molecule has 0 heterocycles. The number of nitrogens with one attached hydrogen (secondary N) is 1. The summed E-state index contributed by atoms with van der Waals surface area (Å²) in [6.45, 7) is 4.90. The molecule has 5 nitrogen and oxygen atoms in total. The zero-order valence-corrected chi connectivity index (χ0v) is 9.00. The van der Waals surface area contributed by atoms with Crippen LogP contribution >= 0.6 is 0 Å². The zero-order valence-electron chi connectivity index (χ0n) is 9.00. The number of esters is 1. The average Bonchev–Trinajstić information content (AvgIpc) is 2.21. The molecule has 1 N–H and O–H groups in total. The summed E-state index contributed by atoms with van der Waals surface area (Å²) >= 11 is 0. The highest BCUT2D eigenvalue weighted by Crippen LogP contribution is 1.90. The monoisotopic (exact) mass is 202 g/mol. The minimum atomic E-state index is -0.404. The number of likely N-dealkylation sites (N-methyl/N-ethyl adjacent to an activating group) is 1. The molecule has 0 bridgehead atoms. The Bertz CT molecular complexity index is 194. The molecule has 0 rings (SSSR count). The van der Waals surface area contributed by atoms with E-state index in [1.54, 1.807) is 0 Å². The SMILES string of the molecule is CCCNC(=O)N(CC)CC(=O)OC. The van der Waals surface area contributed by atoms with Crippen molar-refractivity contribution >= 4 is 12.0 Å². The quantitative estimate of drug-likeness (QED) is 0.664. The molecule has 0 spiro atoms. The van der Waals surface area contributed by atoms with E-state index >= 15 is 0 Å². The number of hydrogen-bond acceptors (Lipinski definition) is 3. The highest BCUT2D eigenvalue weighted by molar-refractivity contribution is 5.80. The predicted molar refractivity (Wildman–Crippen MR) is 53.0 cm³/mol. The van der Waals surface area contributed by atoms with Gasteiger partial charge in [-0.1, -0.05) is 6.92 Å². The lowest BCUT2D eigenvalue weighted by Gasteiger charge is -2.19. The van der Waals surface area contributed by atoms with Gasteiger partial charge in [-0.05, 0) is 13.3 Å². The maximum absolute atomic E-state index is 11.4. The highest BCUT2D eigenvalue weighted by Gasteiger charge is 2.14. The van der Waals surface area contributed by atoms with Gasteiger partial charge in [-0.15, -0.1) is 0 Å². The number of carbonyl (C=O) groups excluding carboxylic acids is 2. The van der Waals surface area contributed by atoms with Gasteiger partial charge in [0.05, 0.1) is 7.11 Å². The molecule has 14 heavy (non-hydrogen) atoms. The lowest BCUT2D eigenvalue weighted by molar-refractivity contribution is -0.141. The van der Waals surface area contributed by atoms with Crippen LogP contribution in [0.5, 0.6) is 0 Å². The summed E-state index contributed by atoms with van der Waals surface area (Å²) in [4.78, 5) is 23.7. The van der Waals surface area contributed by atoms with Gasteiger partial charge in [0.2, 0.25) is 0 Å². The molecule has 0 aliphatic heterocycles. The minimum absolute atomic E-state index is 0.00253. The van der Waals surface area contributed by atoms with E-state index in [-0.39, 0.29) is 12.6 Å². The first-order chi connectivity index (χ1) is 6.65. The van der Waals surface area contributed by atoms with Gasteiger partial charge in [0.25, 0.3) is 0 Å². The van der Waals surface area contributed by atoms with E-state index in [4.69, 9.17) is 0 Å². The third-order valence-electron chi connectivity index (χ3n) is 1.74. The topological polar surface area (TPSA) is 58.6 Å². The maximum atomic E-state index is 11.4. The predicted octanol–water partition coefficient (Wildman–Crippen LogP) is 0.601. The molecule has 0 aromatic rings. The third-order valence-corrected chi connectivity index (χ3v) is 1.74. The number of nitrogens with zero attached hydrogens (tertiary/aromatic N) is 1. The van der Waals surface area contributed by atoms with Crippen LogP contribution in [0.3, 0.4) is 0 Å². The van der Waals surface area contributed by atoms with E-state index in [0.29, 0.717) is 13.1 Å².